The van der Waals surface area contributed by atoms with Gasteiger partial charge in [-0.25, -0.2) is 4.68 Å². The van der Waals surface area contributed by atoms with Gasteiger partial charge in [0.15, 0.2) is 8.29 Å². The third kappa shape index (κ3) is 5.50. The number of thioether (sulfide) groups is 1. The number of halogens is 1. The van der Waals surface area contributed by atoms with Crippen molar-refractivity contribution in [2.45, 2.75) is 10.9 Å². The van der Waals surface area contributed by atoms with Crippen LogP contribution in [-0.2, 0) is 11.3 Å². The lowest BCUT2D eigenvalue weighted by Gasteiger charge is -2.34. The van der Waals surface area contributed by atoms with E-state index in [1.165, 1.54) is 28.7 Å². The number of carbonyl (C=O) groups excluding carboxylic acids is 1. The van der Waals surface area contributed by atoms with Gasteiger partial charge in [0.25, 0.3) is 0 Å². The summed E-state index contributed by atoms with van der Waals surface area (Å²) in [5.41, 5.74) is 2.18. The smallest absolute Gasteiger partial charge is 0.233 e. The van der Waals surface area contributed by atoms with E-state index in [9.17, 15) is 4.79 Å². The first-order valence-electron chi connectivity index (χ1n) is 9.61. The maximum Gasteiger partial charge on any atom is 0.233 e. The summed E-state index contributed by atoms with van der Waals surface area (Å²) in [6, 6.07) is 17.8. The van der Waals surface area contributed by atoms with Crippen molar-refractivity contribution in [3.8, 4) is 5.69 Å². The van der Waals surface area contributed by atoms with Gasteiger partial charge >= 0.3 is 0 Å². The molecule has 0 N–H and O–H groups in total. The van der Waals surface area contributed by atoms with Crippen molar-refractivity contribution in [1.82, 2.24) is 19.6 Å². The van der Waals surface area contributed by atoms with E-state index in [2.05, 4.69) is 22.1 Å². The summed E-state index contributed by atoms with van der Waals surface area (Å²) in [4.78, 5) is 17.0. The highest BCUT2D eigenvalue weighted by atomic mass is 35.5. The maximum atomic E-state index is 12.7. The van der Waals surface area contributed by atoms with Crippen LogP contribution in [0.25, 0.3) is 5.69 Å². The molecule has 3 aromatic rings. The molecule has 4 rings (SSSR count). The molecule has 2 heterocycles. The molecule has 0 radical (unpaired) electrons. The Hall–Kier alpha value is -1.71. The monoisotopic (exact) mass is 476 g/mol. The normalized spacial score (nSPS) is 14.8. The van der Waals surface area contributed by atoms with E-state index in [1.807, 2.05) is 47.4 Å². The number of hydrogen-bond acceptors (Lipinski definition) is 6. The molecule has 0 saturated carbocycles. The van der Waals surface area contributed by atoms with E-state index in [-0.39, 0.29) is 5.91 Å². The standard InChI is InChI=1S/C21H21ClN4OS3/c22-17-8-6-16(7-9-17)14-24-10-12-25(13-11-24)19(27)15-29-20-23-26(21(28)30-20)18-4-2-1-3-5-18/h1-9H,10-15H2. The number of hydrogen-bond donors (Lipinski definition) is 0. The SMILES string of the molecule is O=C(CSc1nn(-c2ccccc2)c(=S)s1)N1CCN(Cc2ccc(Cl)cc2)CC1. The zero-order chi connectivity index (χ0) is 20.9. The average molecular weight is 477 g/mol. The summed E-state index contributed by atoms with van der Waals surface area (Å²) in [6.07, 6.45) is 0. The second-order valence-electron chi connectivity index (χ2n) is 6.95. The molecule has 0 spiro atoms. The number of nitrogens with zero attached hydrogens (tertiary/aromatic N) is 4. The van der Waals surface area contributed by atoms with Crippen molar-refractivity contribution in [3.05, 3.63) is 69.1 Å². The van der Waals surface area contributed by atoms with Crippen LogP contribution in [-0.4, -0.2) is 57.4 Å². The Morgan fingerprint density at radius 2 is 1.77 bits per heavy atom. The minimum atomic E-state index is 0.151. The number of amides is 1. The first-order chi connectivity index (χ1) is 14.6. The van der Waals surface area contributed by atoms with E-state index in [4.69, 9.17) is 23.8 Å². The predicted octanol–water partition coefficient (Wildman–Crippen LogP) is 4.75. The minimum Gasteiger partial charge on any atom is -0.339 e. The fourth-order valence-corrected chi connectivity index (χ4v) is 5.66. The van der Waals surface area contributed by atoms with Crippen LogP contribution in [0.4, 0.5) is 0 Å². The first kappa shape index (κ1) is 21.5. The highest BCUT2D eigenvalue weighted by Crippen LogP contribution is 2.24. The first-order valence-corrected chi connectivity index (χ1v) is 12.2. The van der Waals surface area contributed by atoms with Crippen LogP contribution in [0.5, 0.6) is 0 Å². The van der Waals surface area contributed by atoms with Gasteiger partial charge in [0.2, 0.25) is 5.91 Å². The molecule has 0 atom stereocenters. The van der Waals surface area contributed by atoms with Crippen molar-refractivity contribution in [1.29, 1.82) is 0 Å². The molecule has 9 heteroatoms. The van der Waals surface area contributed by atoms with Crippen LogP contribution >= 0.6 is 46.9 Å². The Balaban J connectivity index is 1.26. The van der Waals surface area contributed by atoms with Crippen molar-refractivity contribution in [2.24, 2.45) is 0 Å². The number of aromatic nitrogens is 2. The van der Waals surface area contributed by atoms with Gasteiger partial charge in [-0.2, -0.15) is 0 Å². The van der Waals surface area contributed by atoms with Crippen LogP contribution < -0.4 is 0 Å². The van der Waals surface area contributed by atoms with Gasteiger partial charge in [-0.3, -0.25) is 9.69 Å². The second-order valence-corrected chi connectivity index (χ2v) is 10.2. The molecular weight excluding hydrogens is 456 g/mol. The molecule has 2 aromatic carbocycles. The molecule has 1 aliphatic heterocycles. The van der Waals surface area contributed by atoms with Crippen LogP contribution in [0.3, 0.4) is 0 Å². The largest absolute Gasteiger partial charge is 0.339 e. The zero-order valence-corrected chi connectivity index (χ0v) is 19.4. The summed E-state index contributed by atoms with van der Waals surface area (Å²) in [5, 5.41) is 5.32. The van der Waals surface area contributed by atoms with E-state index in [0.29, 0.717) is 9.71 Å². The average Bonchev–Trinajstić information content (AvgIpc) is 3.15. The quantitative estimate of drug-likeness (QED) is 0.379. The number of para-hydroxylation sites is 1. The van der Waals surface area contributed by atoms with Gasteiger partial charge in [0.05, 0.1) is 11.4 Å². The molecule has 156 valence electrons. The van der Waals surface area contributed by atoms with E-state index in [0.717, 1.165) is 47.8 Å². The Morgan fingerprint density at radius 3 is 2.47 bits per heavy atom. The lowest BCUT2D eigenvalue weighted by Crippen LogP contribution is -2.48. The molecule has 0 bridgehead atoms. The van der Waals surface area contributed by atoms with Crippen LogP contribution in [0, 0.1) is 3.95 Å². The number of rotatable bonds is 6. The molecule has 0 aliphatic carbocycles. The zero-order valence-electron chi connectivity index (χ0n) is 16.2. The van der Waals surface area contributed by atoms with Gasteiger partial charge in [-0.05, 0) is 42.0 Å². The Bertz CT molecular complexity index is 1040. The molecule has 1 aliphatic rings. The van der Waals surface area contributed by atoms with Gasteiger partial charge in [-0.15, -0.1) is 5.10 Å². The molecule has 0 unspecified atom stereocenters. The van der Waals surface area contributed by atoms with Crippen LogP contribution in [0.1, 0.15) is 5.56 Å². The van der Waals surface area contributed by atoms with E-state index in [1.54, 1.807) is 4.68 Å². The number of carbonyl (C=O) groups is 1. The summed E-state index contributed by atoms with van der Waals surface area (Å²) in [6.45, 7) is 4.14. The Kier molecular flexibility index (Phi) is 7.22. The molecule has 1 aromatic heterocycles. The fourth-order valence-electron chi connectivity index (χ4n) is 3.27. The number of benzene rings is 2. The van der Waals surface area contributed by atoms with E-state index >= 15 is 0 Å². The third-order valence-corrected chi connectivity index (χ3v) is 7.50. The van der Waals surface area contributed by atoms with Crippen molar-refractivity contribution in [2.75, 3.05) is 31.9 Å². The summed E-state index contributed by atoms with van der Waals surface area (Å²) >= 11 is 14.3. The highest BCUT2D eigenvalue weighted by Gasteiger charge is 2.21. The van der Waals surface area contributed by atoms with Gasteiger partial charge in [0.1, 0.15) is 0 Å². The molecule has 1 saturated heterocycles. The molecule has 5 nitrogen and oxygen atoms in total. The Morgan fingerprint density at radius 1 is 1.07 bits per heavy atom. The lowest BCUT2D eigenvalue weighted by molar-refractivity contribution is -0.130. The predicted molar refractivity (Wildman–Crippen MR) is 126 cm³/mol. The fraction of sp³-hybridized carbons (Fsp3) is 0.286. The van der Waals surface area contributed by atoms with E-state index < -0.39 is 0 Å². The Labute approximate surface area is 194 Å². The topological polar surface area (TPSA) is 41.4 Å². The van der Waals surface area contributed by atoms with Crippen molar-refractivity contribution >= 4 is 52.8 Å². The summed E-state index contributed by atoms with van der Waals surface area (Å²) in [7, 11) is 0. The third-order valence-electron chi connectivity index (χ3n) is 4.89. The summed E-state index contributed by atoms with van der Waals surface area (Å²) in [5.74, 6) is 0.535. The second kappa shape index (κ2) is 10.1. The minimum absolute atomic E-state index is 0.151. The molecule has 1 fully saturated rings. The molecule has 30 heavy (non-hydrogen) atoms. The highest BCUT2D eigenvalue weighted by molar-refractivity contribution is 8.01. The lowest BCUT2D eigenvalue weighted by atomic mass is 10.2. The van der Waals surface area contributed by atoms with Gasteiger partial charge < -0.3 is 4.90 Å². The maximum absolute atomic E-state index is 12.7. The van der Waals surface area contributed by atoms with Crippen molar-refractivity contribution < 1.29 is 4.79 Å². The molecule has 1 amide bonds. The molecular formula is C21H21ClN4OS3. The summed E-state index contributed by atoms with van der Waals surface area (Å²) < 4.78 is 3.26. The van der Waals surface area contributed by atoms with Crippen LogP contribution in [0.2, 0.25) is 5.02 Å². The van der Waals surface area contributed by atoms with Crippen molar-refractivity contribution in [3.63, 3.8) is 0 Å². The number of piperazine rings is 1. The van der Waals surface area contributed by atoms with Gasteiger partial charge in [-0.1, -0.05) is 65.0 Å². The van der Waals surface area contributed by atoms with Crippen LogP contribution in [0.15, 0.2) is 58.9 Å². The van der Waals surface area contributed by atoms with Gasteiger partial charge in [0, 0.05) is 37.7 Å².